The van der Waals surface area contributed by atoms with Crippen molar-refractivity contribution in [2.75, 3.05) is 32.7 Å². The van der Waals surface area contributed by atoms with Gasteiger partial charge in [-0.1, -0.05) is 6.92 Å². The van der Waals surface area contributed by atoms with E-state index >= 15 is 0 Å². The van der Waals surface area contributed by atoms with Gasteiger partial charge in [-0.2, -0.15) is 0 Å². The maximum atomic E-state index is 3.29. The van der Waals surface area contributed by atoms with Crippen LogP contribution in [-0.2, 0) is 0 Å². The van der Waals surface area contributed by atoms with Gasteiger partial charge < -0.3 is 5.32 Å². The second-order valence-electron chi connectivity index (χ2n) is 2.25. The number of hydrogen-bond donors (Lipinski definition) is 2. The summed E-state index contributed by atoms with van der Waals surface area (Å²) in [5, 5.41) is 5.55. The van der Waals surface area contributed by atoms with E-state index in [9.17, 15) is 0 Å². The molecule has 0 unspecified atom stereocenters. The van der Waals surface area contributed by atoms with Crippen molar-refractivity contribution >= 4 is 0 Å². The zero-order chi connectivity index (χ0) is 6.53. The Balaban J connectivity index is 0.000000810. The lowest BCUT2D eigenvalue weighted by atomic mass is 10.4. The van der Waals surface area contributed by atoms with Crippen LogP contribution in [0.2, 0.25) is 0 Å². The molecule has 0 saturated carbocycles. The fraction of sp³-hybridized carbons (Fsp3) is 1.00. The predicted molar refractivity (Wildman–Crippen MR) is 40.6 cm³/mol. The van der Waals surface area contributed by atoms with Crippen molar-refractivity contribution in [1.29, 1.82) is 0 Å². The van der Waals surface area contributed by atoms with E-state index in [-0.39, 0.29) is 4.70 Å². The largest absolute Gasteiger partial charge is 0.314 e. The van der Waals surface area contributed by atoms with Gasteiger partial charge in [0.05, 0.1) is 0 Å². The molecule has 1 aliphatic rings. The van der Waals surface area contributed by atoms with Gasteiger partial charge in [0.2, 0.25) is 0 Å². The highest BCUT2D eigenvalue weighted by atomic mass is 19.0. The molecule has 0 aromatic carbocycles. The van der Waals surface area contributed by atoms with Crippen LogP contribution < -0.4 is 10.7 Å². The maximum Gasteiger partial charge on any atom is 0.0256 e. The van der Waals surface area contributed by atoms with E-state index in [0.717, 1.165) is 32.7 Å². The zero-order valence-corrected chi connectivity index (χ0v) is 6.39. The Morgan fingerprint density at radius 1 is 1.40 bits per heavy atom. The lowest BCUT2D eigenvalue weighted by Crippen LogP contribution is -2.50. The third-order valence-electron chi connectivity index (χ3n) is 1.50. The van der Waals surface area contributed by atoms with Gasteiger partial charge in [-0.15, -0.1) is 0 Å². The minimum Gasteiger partial charge on any atom is -0.314 e. The first kappa shape index (κ1) is 9.81. The summed E-state index contributed by atoms with van der Waals surface area (Å²) >= 11 is 0. The van der Waals surface area contributed by atoms with Crippen molar-refractivity contribution in [3.05, 3.63) is 0 Å². The van der Waals surface area contributed by atoms with Gasteiger partial charge in [0.15, 0.2) is 0 Å². The standard InChI is InChI=1S/C6H15N3.FH/c1-2-8-9-5-3-7-4-6-9;/h7-8H,2-6H2,1H3;1H. The van der Waals surface area contributed by atoms with Crippen molar-refractivity contribution in [2.45, 2.75) is 6.92 Å². The summed E-state index contributed by atoms with van der Waals surface area (Å²) in [5.41, 5.74) is 3.28. The number of piperazine rings is 1. The van der Waals surface area contributed by atoms with E-state index in [0.29, 0.717) is 0 Å². The molecule has 4 heteroatoms. The van der Waals surface area contributed by atoms with Crippen molar-refractivity contribution in [3.63, 3.8) is 0 Å². The van der Waals surface area contributed by atoms with Crippen molar-refractivity contribution in [3.8, 4) is 0 Å². The quantitative estimate of drug-likeness (QED) is 0.558. The molecular formula is C6H16FN3. The number of nitrogens with zero attached hydrogens (tertiary/aromatic N) is 1. The fourth-order valence-corrected chi connectivity index (χ4v) is 1.05. The Bertz CT molecular complexity index is 70.6. The average molecular weight is 149 g/mol. The van der Waals surface area contributed by atoms with Gasteiger partial charge in [-0.25, -0.2) is 5.01 Å². The van der Waals surface area contributed by atoms with Crippen LogP contribution in [0.1, 0.15) is 6.92 Å². The normalized spacial score (nSPS) is 20.1. The molecule has 1 aliphatic heterocycles. The highest BCUT2D eigenvalue weighted by molar-refractivity contribution is 4.62. The molecule has 1 rings (SSSR count). The van der Waals surface area contributed by atoms with Crippen LogP contribution in [0.3, 0.4) is 0 Å². The highest BCUT2D eigenvalue weighted by Gasteiger charge is 2.05. The molecule has 0 aromatic rings. The molecule has 1 saturated heterocycles. The molecule has 0 aromatic heterocycles. The topological polar surface area (TPSA) is 27.3 Å². The van der Waals surface area contributed by atoms with Gasteiger partial charge in [-0.05, 0) is 0 Å². The van der Waals surface area contributed by atoms with Crippen LogP contribution in [0.15, 0.2) is 0 Å². The zero-order valence-electron chi connectivity index (χ0n) is 6.39. The Kier molecular flexibility index (Phi) is 5.48. The number of hydrogen-bond acceptors (Lipinski definition) is 3. The van der Waals surface area contributed by atoms with Gasteiger partial charge in [0, 0.05) is 32.7 Å². The summed E-state index contributed by atoms with van der Waals surface area (Å²) in [4.78, 5) is 0. The first-order valence-electron chi connectivity index (χ1n) is 3.62. The lowest BCUT2D eigenvalue weighted by Gasteiger charge is -2.26. The Morgan fingerprint density at radius 2 is 2.00 bits per heavy atom. The molecule has 0 aliphatic carbocycles. The third kappa shape index (κ3) is 3.10. The summed E-state index contributed by atoms with van der Waals surface area (Å²) in [6.07, 6.45) is 0. The molecule has 62 valence electrons. The lowest BCUT2D eigenvalue weighted by molar-refractivity contribution is 0.169. The molecule has 3 nitrogen and oxygen atoms in total. The monoisotopic (exact) mass is 149 g/mol. The number of halogens is 1. The fourth-order valence-electron chi connectivity index (χ4n) is 1.05. The van der Waals surface area contributed by atoms with Crippen molar-refractivity contribution in [2.24, 2.45) is 0 Å². The molecule has 0 radical (unpaired) electrons. The third-order valence-corrected chi connectivity index (χ3v) is 1.50. The van der Waals surface area contributed by atoms with E-state index < -0.39 is 0 Å². The molecule has 1 heterocycles. The van der Waals surface area contributed by atoms with E-state index in [1.807, 2.05) is 0 Å². The summed E-state index contributed by atoms with van der Waals surface area (Å²) < 4.78 is 0. The SMILES string of the molecule is CCNN1CCNCC1.F. The number of nitrogens with one attached hydrogen (secondary N) is 2. The molecule has 0 spiro atoms. The highest BCUT2D eigenvalue weighted by Crippen LogP contribution is 1.84. The van der Waals surface area contributed by atoms with Gasteiger partial charge in [0.1, 0.15) is 0 Å². The summed E-state index contributed by atoms with van der Waals surface area (Å²) in [6.45, 7) is 7.67. The van der Waals surface area contributed by atoms with Gasteiger partial charge in [0.25, 0.3) is 0 Å². The number of hydrazine groups is 1. The first-order chi connectivity index (χ1) is 4.43. The smallest absolute Gasteiger partial charge is 0.0256 e. The molecule has 0 bridgehead atoms. The summed E-state index contributed by atoms with van der Waals surface area (Å²) in [7, 11) is 0. The Hall–Kier alpha value is -0.190. The molecular weight excluding hydrogens is 133 g/mol. The van der Waals surface area contributed by atoms with Gasteiger partial charge in [-0.3, -0.25) is 10.1 Å². The minimum atomic E-state index is 0. The molecule has 2 N–H and O–H groups in total. The molecule has 0 amide bonds. The minimum absolute atomic E-state index is 0. The van der Waals surface area contributed by atoms with Crippen LogP contribution >= 0.6 is 0 Å². The Morgan fingerprint density at radius 3 is 2.50 bits per heavy atom. The van der Waals surface area contributed by atoms with Crippen LogP contribution in [-0.4, -0.2) is 37.7 Å². The van der Waals surface area contributed by atoms with E-state index in [1.165, 1.54) is 0 Å². The van der Waals surface area contributed by atoms with E-state index in [4.69, 9.17) is 0 Å². The maximum absolute atomic E-state index is 3.29. The van der Waals surface area contributed by atoms with Crippen molar-refractivity contribution < 1.29 is 4.70 Å². The molecule has 0 atom stereocenters. The van der Waals surface area contributed by atoms with Crippen LogP contribution in [0.5, 0.6) is 0 Å². The van der Waals surface area contributed by atoms with Crippen molar-refractivity contribution in [1.82, 2.24) is 15.8 Å². The predicted octanol–water partition coefficient (Wildman–Crippen LogP) is -0.431. The first-order valence-corrected chi connectivity index (χ1v) is 3.62. The van der Waals surface area contributed by atoms with E-state index in [1.54, 1.807) is 0 Å². The summed E-state index contributed by atoms with van der Waals surface area (Å²) in [6, 6.07) is 0. The number of rotatable bonds is 2. The van der Waals surface area contributed by atoms with Crippen LogP contribution in [0.4, 0.5) is 4.70 Å². The molecule has 10 heavy (non-hydrogen) atoms. The van der Waals surface area contributed by atoms with Gasteiger partial charge >= 0.3 is 0 Å². The van der Waals surface area contributed by atoms with E-state index in [2.05, 4.69) is 22.7 Å². The molecule has 1 fully saturated rings. The average Bonchev–Trinajstić information content (AvgIpc) is 1.91. The summed E-state index contributed by atoms with van der Waals surface area (Å²) in [5.74, 6) is 0. The van der Waals surface area contributed by atoms with Crippen LogP contribution in [0.25, 0.3) is 0 Å². The second-order valence-corrected chi connectivity index (χ2v) is 2.25. The van der Waals surface area contributed by atoms with Crippen LogP contribution in [0, 0.1) is 0 Å². The Labute approximate surface area is 61.1 Å². The second kappa shape index (κ2) is 5.58.